The van der Waals surface area contributed by atoms with Gasteiger partial charge in [0.15, 0.2) is 9.84 Å². The highest BCUT2D eigenvalue weighted by Crippen LogP contribution is 2.28. The van der Waals surface area contributed by atoms with Gasteiger partial charge in [-0.1, -0.05) is 0 Å². The average Bonchev–Trinajstić information content (AvgIpc) is 2.99. The van der Waals surface area contributed by atoms with Crippen LogP contribution in [-0.2, 0) is 9.84 Å². The quantitative estimate of drug-likeness (QED) is 0.798. The van der Waals surface area contributed by atoms with E-state index in [1.54, 1.807) is 0 Å². The summed E-state index contributed by atoms with van der Waals surface area (Å²) in [5.74, 6) is 1.71. The lowest BCUT2D eigenvalue weighted by Crippen LogP contribution is -2.51. The van der Waals surface area contributed by atoms with Crippen LogP contribution in [-0.4, -0.2) is 53.7 Å². The van der Waals surface area contributed by atoms with Gasteiger partial charge in [0.2, 0.25) is 5.95 Å². The van der Waals surface area contributed by atoms with Crippen molar-refractivity contribution in [2.45, 2.75) is 44.2 Å². The topological polar surface area (TPSA) is 105 Å². The van der Waals surface area contributed by atoms with E-state index in [1.165, 1.54) is 0 Å². The van der Waals surface area contributed by atoms with Crippen LogP contribution in [0.3, 0.4) is 0 Å². The summed E-state index contributed by atoms with van der Waals surface area (Å²) in [6.07, 6.45) is 2.69. The zero-order valence-electron chi connectivity index (χ0n) is 11.6. The molecule has 2 aliphatic rings. The molecule has 3 rings (SSSR count). The third-order valence-electron chi connectivity index (χ3n) is 4.41. The standard InChI is InChI=1S/C12H21N5O2S/c1-8-10(13)3-2-5-17(8)12-14-11(15-16-12)9-4-6-20(18,19)7-9/h8-10H,2-7,13H2,1H3,(H,14,15,16). The first-order valence-corrected chi connectivity index (χ1v) is 8.93. The van der Waals surface area contributed by atoms with Crippen LogP contribution in [0.4, 0.5) is 5.95 Å². The van der Waals surface area contributed by atoms with Crippen molar-refractivity contribution in [3.8, 4) is 0 Å². The molecule has 2 saturated heterocycles. The number of H-pyrrole nitrogens is 1. The molecule has 0 aliphatic carbocycles. The molecule has 1 aromatic heterocycles. The van der Waals surface area contributed by atoms with Crippen molar-refractivity contribution >= 4 is 15.8 Å². The summed E-state index contributed by atoms with van der Waals surface area (Å²) in [4.78, 5) is 6.61. The maximum Gasteiger partial charge on any atom is 0.245 e. The summed E-state index contributed by atoms with van der Waals surface area (Å²) >= 11 is 0. The van der Waals surface area contributed by atoms with E-state index in [0.29, 0.717) is 18.2 Å². The van der Waals surface area contributed by atoms with E-state index in [9.17, 15) is 8.42 Å². The molecule has 3 atom stereocenters. The molecular weight excluding hydrogens is 278 g/mol. The molecule has 0 saturated carbocycles. The fourth-order valence-electron chi connectivity index (χ4n) is 3.04. The van der Waals surface area contributed by atoms with Crippen molar-refractivity contribution in [2.24, 2.45) is 5.73 Å². The maximum absolute atomic E-state index is 11.5. The number of aromatic amines is 1. The third kappa shape index (κ3) is 2.54. The zero-order chi connectivity index (χ0) is 14.3. The van der Waals surface area contributed by atoms with Gasteiger partial charge in [-0.05, 0) is 26.2 Å². The Morgan fingerprint density at radius 3 is 2.90 bits per heavy atom. The number of rotatable bonds is 2. The highest BCUT2D eigenvalue weighted by Gasteiger charge is 2.33. The van der Waals surface area contributed by atoms with Crippen molar-refractivity contribution in [1.82, 2.24) is 15.2 Å². The van der Waals surface area contributed by atoms with Crippen LogP contribution < -0.4 is 10.6 Å². The third-order valence-corrected chi connectivity index (χ3v) is 6.18. The fraction of sp³-hybridized carbons (Fsp3) is 0.833. The molecule has 112 valence electrons. The summed E-state index contributed by atoms with van der Waals surface area (Å²) < 4.78 is 23.1. The SMILES string of the molecule is CC1C(N)CCCN1c1n[nH]c(C2CCS(=O)(=O)C2)n1. The van der Waals surface area contributed by atoms with Crippen molar-refractivity contribution in [3.63, 3.8) is 0 Å². The molecular formula is C12H21N5O2S. The van der Waals surface area contributed by atoms with Gasteiger partial charge in [-0.2, -0.15) is 4.98 Å². The second-order valence-corrected chi connectivity index (χ2v) is 8.09. The fourth-order valence-corrected chi connectivity index (χ4v) is 4.79. The van der Waals surface area contributed by atoms with Crippen molar-refractivity contribution in [2.75, 3.05) is 23.0 Å². The largest absolute Gasteiger partial charge is 0.335 e. The molecule has 3 unspecified atom stereocenters. The van der Waals surface area contributed by atoms with Crippen molar-refractivity contribution in [1.29, 1.82) is 0 Å². The Bertz CT molecular complexity index is 584. The molecule has 7 nitrogen and oxygen atoms in total. The first-order valence-electron chi connectivity index (χ1n) is 7.11. The normalized spacial score (nSPS) is 33.5. The number of sulfone groups is 1. The predicted octanol–water partition coefficient (Wildman–Crippen LogP) is 0.0228. The monoisotopic (exact) mass is 299 g/mol. The number of hydrogen-bond donors (Lipinski definition) is 2. The number of aromatic nitrogens is 3. The Balaban J connectivity index is 1.77. The predicted molar refractivity (Wildman–Crippen MR) is 76.4 cm³/mol. The molecule has 0 radical (unpaired) electrons. The number of anilines is 1. The van der Waals surface area contributed by atoms with Gasteiger partial charge in [-0.15, -0.1) is 5.10 Å². The van der Waals surface area contributed by atoms with Gasteiger partial charge in [0.05, 0.1) is 11.5 Å². The zero-order valence-corrected chi connectivity index (χ0v) is 12.4. The molecule has 8 heteroatoms. The van der Waals surface area contributed by atoms with Crippen LogP contribution in [0.25, 0.3) is 0 Å². The molecule has 0 bridgehead atoms. The molecule has 2 fully saturated rings. The lowest BCUT2D eigenvalue weighted by molar-refractivity contribution is 0.415. The van der Waals surface area contributed by atoms with Gasteiger partial charge in [0.1, 0.15) is 5.82 Å². The second-order valence-electron chi connectivity index (χ2n) is 5.86. The van der Waals surface area contributed by atoms with Crippen LogP contribution in [0.5, 0.6) is 0 Å². The van der Waals surface area contributed by atoms with Crippen molar-refractivity contribution in [3.05, 3.63) is 5.82 Å². The molecule has 1 aromatic rings. The number of nitrogens with one attached hydrogen (secondary N) is 1. The van der Waals surface area contributed by atoms with Crippen LogP contribution >= 0.6 is 0 Å². The average molecular weight is 299 g/mol. The number of nitrogens with two attached hydrogens (primary N) is 1. The van der Waals surface area contributed by atoms with Gasteiger partial charge >= 0.3 is 0 Å². The molecule has 0 amide bonds. The summed E-state index contributed by atoms with van der Waals surface area (Å²) in [5.41, 5.74) is 6.08. The second kappa shape index (κ2) is 5.00. The summed E-state index contributed by atoms with van der Waals surface area (Å²) in [7, 11) is -2.90. The van der Waals surface area contributed by atoms with E-state index >= 15 is 0 Å². The minimum atomic E-state index is -2.90. The first kappa shape index (κ1) is 13.8. The Kier molecular flexibility index (Phi) is 3.45. The van der Waals surface area contributed by atoms with E-state index in [4.69, 9.17) is 5.73 Å². The van der Waals surface area contributed by atoms with Crippen molar-refractivity contribution < 1.29 is 8.42 Å². The van der Waals surface area contributed by atoms with Crippen LogP contribution in [0.2, 0.25) is 0 Å². The van der Waals surface area contributed by atoms with Gasteiger partial charge in [-0.25, -0.2) is 8.42 Å². The molecule has 3 heterocycles. The Morgan fingerprint density at radius 1 is 1.40 bits per heavy atom. The Hall–Kier alpha value is -1.15. The van der Waals surface area contributed by atoms with Gasteiger partial charge in [0.25, 0.3) is 0 Å². The van der Waals surface area contributed by atoms with Crippen LogP contribution in [0, 0.1) is 0 Å². The first-order chi connectivity index (χ1) is 9.46. The van der Waals surface area contributed by atoms with Crippen LogP contribution in [0.15, 0.2) is 0 Å². The van der Waals surface area contributed by atoms with E-state index in [-0.39, 0.29) is 29.5 Å². The number of hydrogen-bond acceptors (Lipinski definition) is 6. The minimum Gasteiger partial charge on any atom is -0.335 e. The Labute approximate surface area is 118 Å². The molecule has 20 heavy (non-hydrogen) atoms. The Morgan fingerprint density at radius 2 is 2.20 bits per heavy atom. The molecule has 3 N–H and O–H groups in total. The molecule has 0 spiro atoms. The lowest BCUT2D eigenvalue weighted by atomic mass is 9.99. The maximum atomic E-state index is 11.5. The van der Waals surface area contributed by atoms with Crippen LogP contribution in [0.1, 0.15) is 37.9 Å². The highest BCUT2D eigenvalue weighted by atomic mass is 32.2. The van der Waals surface area contributed by atoms with Gasteiger partial charge < -0.3 is 10.6 Å². The van der Waals surface area contributed by atoms with Gasteiger partial charge in [0, 0.05) is 24.5 Å². The number of nitrogens with zero attached hydrogens (tertiary/aromatic N) is 3. The van der Waals surface area contributed by atoms with E-state index in [0.717, 1.165) is 19.4 Å². The van der Waals surface area contributed by atoms with E-state index < -0.39 is 9.84 Å². The minimum absolute atomic E-state index is 0.0463. The van der Waals surface area contributed by atoms with E-state index in [2.05, 4.69) is 27.0 Å². The molecule has 0 aromatic carbocycles. The number of piperidine rings is 1. The highest BCUT2D eigenvalue weighted by molar-refractivity contribution is 7.91. The van der Waals surface area contributed by atoms with Gasteiger partial charge in [-0.3, -0.25) is 5.10 Å². The van der Waals surface area contributed by atoms with E-state index in [1.807, 2.05) is 0 Å². The summed E-state index contributed by atoms with van der Waals surface area (Å²) in [6.45, 7) is 2.98. The summed E-state index contributed by atoms with van der Waals surface area (Å²) in [6, 6.07) is 0.345. The molecule has 2 aliphatic heterocycles. The summed E-state index contributed by atoms with van der Waals surface area (Å²) in [5, 5.41) is 7.17. The smallest absolute Gasteiger partial charge is 0.245 e. The lowest BCUT2D eigenvalue weighted by Gasteiger charge is -2.36.